The van der Waals surface area contributed by atoms with Crippen LogP contribution in [0.1, 0.15) is 25.3 Å². The minimum Gasteiger partial charge on any atom is -0.0622 e. The van der Waals surface area contributed by atoms with Gasteiger partial charge < -0.3 is 0 Å². The van der Waals surface area contributed by atoms with Gasteiger partial charge in [0.05, 0.1) is 0 Å². The van der Waals surface area contributed by atoms with Crippen molar-refractivity contribution < 1.29 is 0 Å². The maximum absolute atomic E-state index is 2.36. The van der Waals surface area contributed by atoms with E-state index in [1.165, 1.54) is 72.3 Å². The smallest absolute Gasteiger partial charge is 0.0143 e. The fourth-order valence-corrected chi connectivity index (χ4v) is 6.45. The quantitative estimate of drug-likeness (QED) is 0.177. The lowest BCUT2D eigenvalue weighted by Crippen LogP contribution is -1.98. The summed E-state index contributed by atoms with van der Waals surface area (Å²) in [6.45, 7) is 4.64. The monoisotopic (exact) mass is 576 g/mol. The van der Waals surface area contributed by atoms with Crippen LogP contribution in [0.25, 0.3) is 66.8 Å². The van der Waals surface area contributed by atoms with Gasteiger partial charge in [0.1, 0.15) is 0 Å². The van der Waals surface area contributed by atoms with E-state index in [1.54, 1.807) is 0 Å². The molecule has 45 heavy (non-hydrogen) atoms. The predicted molar refractivity (Wildman–Crippen MR) is 193 cm³/mol. The molecule has 0 saturated carbocycles. The molecule has 0 amide bonds. The second-order valence-electron chi connectivity index (χ2n) is 12.0. The van der Waals surface area contributed by atoms with E-state index in [0.717, 1.165) is 0 Å². The van der Waals surface area contributed by atoms with Crippen LogP contribution >= 0.6 is 0 Å². The lowest BCUT2D eigenvalue weighted by Gasteiger charge is -2.21. The molecular formula is C45H36. The zero-order valence-electron chi connectivity index (χ0n) is 25.8. The number of hydrogen-bond acceptors (Lipinski definition) is 0. The minimum absolute atomic E-state index is 0.317. The zero-order valence-corrected chi connectivity index (χ0v) is 25.8. The van der Waals surface area contributed by atoms with Crippen LogP contribution in [0.2, 0.25) is 0 Å². The van der Waals surface area contributed by atoms with Crippen molar-refractivity contribution in [1.82, 2.24) is 0 Å². The van der Waals surface area contributed by atoms with E-state index in [1.807, 2.05) is 0 Å². The van der Waals surface area contributed by atoms with Gasteiger partial charge in [-0.3, -0.25) is 0 Å². The van der Waals surface area contributed by atoms with Crippen molar-refractivity contribution >= 4 is 0 Å². The Bertz CT molecular complexity index is 1780. The highest BCUT2D eigenvalue weighted by molar-refractivity contribution is 5.88. The van der Waals surface area contributed by atoms with Crippen LogP contribution in [0.5, 0.6) is 0 Å². The van der Waals surface area contributed by atoms with Crippen LogP contribution in [-0.2, 0) is 0 Å². The summed E-state index contributed by atoms with van der Waals surface area (Å²) < 4.78 is 0. The first kappa shape index (κ1) is 28.3. The van der Waals surface area contributed by atoms with Crippen LogP contribution in [0, 0.1) is 0 Å². The van der Waals surface area contributed by atoms with Crippen LogP contribution in [0.4, 0.5) is 0 Å². The first-order valence-corrected chi connectivity index (χ1v) is 15.8. The molecule has 0 unspecified atom stereocenters. The average molecular weight is 577 g/mol. The van der Waals surface area contributed by atoms with Gasteiger partial charge in [0.15, 0.2) is 0 Å². The van der Waals surface area contributed by atoms with Crippen LogP contribution < -0.4 is 0 Å². The van der Waals surface area contributed by atoms with E-state index in [2.05, 4.69) is 190 Å². The molecule has 7 rings (SSSR count). The third kappa shape index (κ3) is 6.01. The summed E-state index contributed by atoms with van der Waals surface area (Å²) in [5.41, 5.74) is 16.2. The van der Waals surface area contributed by atoms with E-state index in [9.17, 15) is 0 Å². The first-order valence-electron chi connectivity index (χ1n) is 15.8. The summed E-state index contributed by atoms with van der Waals surface area (Å²) in [6.07, 6.45) is 0. The van der Waals surface area contributed by atoms with E-state index in [0.29, 0.717) is 5.92 Å². The molecule has 216 valence electrons. The first-order chi connectivity index (χ1) is 22.1. The van der Waals surface area contributed by atoms with Crippen LogP contribution in [-0.4, -0.2) is 0 Å². The van der Waals surface area contributed by atoms with E-state index >= 15 is 0 Å². The highest BCUT2D eigenvalue weighted by atomic mass is 14.2. The number of benzene rings is 7. The predicted octanol–water partition coefficient (Wildman–Crippen LogP) is 12.8. The molecule has 0 saturated heterocycles. The van der Waals surface area contributed by atoms with Gasteiger partial charge in [-0.1, -0.05) is 153 Å². The largest absolute Gasteiger partial charge is 0.0622 e. The Labute approximate surface area is 267 Å². The molecule has 0 aliphatic heterocycles. The summed E-state index contributed by atoms with van der Waals surface area (Å²) in [7, 11) is 0. The maximum atomic E-state index is 2.36. The lowest BCUT2D eigenvalue weighted by molar-refractivity contribution is 0.871. The topological polar surface area (TPSA) is 0 Å². The fraction of sp³-hybridized carbons (Fsp3) is 0.0667. The van der Waals surface area contributed by atoms with E-state index < -0.39 is 0 Å². The third-order valence-corrected chi connectivity index (χ3v) is 8.60. The molecule has 0 nitrogen and oxygen atoms in total. The van der Waals surface area contributed by atoms with Crippen LogP contribution in [0.15, 0.2) is 176 Å². The molecule has 0 heteroatoms. The fourth-order valence-electron chi connectivity index (χ4n) is 6.45. The maximum Gasteiger partial charge on any atom is -0.0143 e. The highest BCUT2D eigenvalue weighted by Gasteiger charge is 2.18. The van der Waals surface area contributed by atoms with Gasteiger partial charge >= 0.3 is 0 Å². The Morgan fingerprint density at radius 3 is 0.800 bits per heavy atom. The van der Waals surface area contributed by atoms with Crippen LogP contribution in [0.3, 0.4) is 0 Å². The van der Waals surface area contributed by atoms with Crippen molar-refractivity contribution in [1.29, 1.82) is 0 Å². The summed E-state index contributed by atoms with van der Waals surface area (Å²) in [5.74, 6) is 0.317. The van der Waals surface area contributed by atoms with Crippen molar-refractivity contribution in [2.45, 2.75) is 19.8 Å². The van der Waals surface area contributed by atoms with Crippen molar-refractivity contribution in [3.05, 3.63) is 181 Å². The average Bonchev–Trinajstić information content (AvgIpc) is 3.12. The Balaban J connectivity index is 1.45. The van der Waals surface area contributed by atoms with E-state index in [4.69, 9.17) is 0 Å². The molecule has 0 aliphatic carbocycles. The second-order valence-corrected chi connectivity index (χ2v) is 12.0. The van der Waals surface area contributed by atoms with Crippen molar-refractivity contribution in [2.24, 2.45) is 0 Å². The van der Waals surface area contributed by atoms with Gasteiger partial charge in [0.2, 0.25) is 0 Å². The molecule has 0 spiro atoms. The molecule has 0 fully saturated rings. The summed E-state index contributed by atoms with van der Waals surface area (Å²) in [6, 6.07) is 63.8. The summed E-state index contributed by atoms with van der Waals surface area (Å²) >= 11 is 0. The molecule has 0 atom stereocenters. The summed E-state index contributed by atoms with van der Waals surface area (Å²) in [4.78, 5) is 0. The molecule has 0 aromatic heterocycles. The Hall–Kier alpha value is -5.46. The molecule has 7 aromatic rings. The molecule has 0 N–H and O–H groups in total. The molecular weight excluding hydrogens is 540 g/mol. The number of rotatable bonds is 7. The van der Waals surface area contributed by atoms with Gasteiger partial charge in [-0.05, 0) is 115 Å². The summed E-state index contributed by atoms with van der Waals surface area (Å²) in [5, 5.41) is 0. The van der Waals surface area contributed by atoms with Crippen molar-refractivity contribution in [2.75, 3.05) is 0 Å². The van der Waals surface area contributed by atoms with E-state index in [-0.39, 0.29) is 0 Å². The van der Waals surface area contributed by atoms with Gasteiger partial charge in [-0.2, -0.15) is 0 Å². The lowest BCUT2D eigenvalue weighted by atomic mass is 9.83. The SMILES string of the molecule is CC(C)c1c(-c2cc(-c3ccccc3)cc(-c3ccccc3)c2)cccc1-c1cc(-c2ccccc2)cc(-c2ccccc2)c1. The molecule has 0 aliphatic rings. The normalized spacial score (nSPS) is 11.1. The van der Waals surface area contributed by atoms with Gasteiger partial charge in [-0.25, -0.2) is 0 Å². The zero-order chi connectivity index (χ0) is 30.6. The Morgan fingerprint density at radius 1 is 0.267 bits per heavy atom. The highest BCUT2D eigenvalue weighted by Crippen LogP contribution is 2.42. The second kappa shape index (κ2) is 12.6. The molecule has 7 aromatic carbocycles. The van der Waals surface area contributed by atoms with Gasteiger partial charge in [0, 0.05) is 0 Å². The Kier molecular flexibility index (Phi) is 7.96. The van der Waals surface area contributed by atoms with Crippen molar-refractivity contribution in [3.8, 4) is 66.8 Å². The third-order valence-electron chi connectivity index (χ3n) is 8.60. The number of hydrogen-bond donors (Lipinski definition) is 0. The standard InChI is InChI=1S/C45H36/c1-32(2)45-43(41-28-37(33-16-7-3-8-17-33)26-38(29-41)34-18-9-4-10-19-34)24-15-25-44(45)42-30-39(35-20-11-5-12-21-35)27-40(31-42)36-22-13-6-14-23-36/h3-32H,1-2H3. The molecule has 0 radical (unpaired) electrons. The van der Waals surface area contributed by atoms with Gasteiger partial charge in [0.25, 0.3) is 0 Å². The van der Waals surface area contributed by atoms with Crippen molar-refractivity contribution in [3.63, 3.8) is 0 Å². The molecule has 0 bridgehead atoms. The molecule has 0 heterocycles. The van der Waals surface area contributed by atoms with Gasteiger partial charge in [-0.15, -0.1) is 0 Å². The minimum atomic E-state index is 0.317. The Morgan fingerprint density at radius 2 is 0.533 bits per heavy atom.